The summed E-state index contributed by atoms with van der Waals surface area (Å²) >= 11 is 0. The fourth-order valence-corrected chi connectivity index (χ4v) is 3.55. The van der Waals surface area contributed by atoms with Gasteiger partial charge in [0.15, 0.2) is 0 Å². The Kier molecular flexibility index (Phi) is 4.36. The Morgan fingerprint density at radius 3 is 2.77 bits per heavy atom. The van der Waals surface area contributed by atoms with Crippen molar-refractivity contribution in [1.29, 1.82) is 0 Å². The second-order valence-electron chi connectivity index (χ2n) is 6.86. The van der Waals surface area contributed by atoms with Crippen LogP contribution in [0.3, 0.4) is 0 Å². The van der Waals surface area contributed by atoms with Gasteiger partial charge < -0.3 is 19.7 Å². The van der Waals surface area contributed by atoms with E-state index in [1.165, 1.54) is 0 Å². The lowest BCUT2D eigenvalue weighted by atomic mass is 9.96. The molecule has 0 radical (unpaired) electrons. The van der Waals surface area contributed by atoms with E-state index in [1.807, 2.05) is 43.0 Å². The van der Waals surface area contributed by atoms with Crippen LogP contribution in [0.5, 0.6) is 0 Å². The van der Waals surface area contributed by atoms with Crippen LogP contribution in [0.25, 0.3) is 11.0 Å². The van der Waals surface area contributed by atoms with Crippen molar-refractivity contribution in [2.24, 2.45) is 0 Å². The number of H-pyrrole nitrogens is 1. The van der Waals surface area contributed by atoms with Gasteiger partial charge in [-0.1, -0.05) is 17.3 Å². The van der Waals surface area contributed by atoms with E-state index in [4.69, 9.17) is 9.51 Å². The van der Waals surface area contributed by atoms with Crippen LogP contribution in [0.2, 0.25) is 0 Å². The van der Waals surface area contributed by atoms with Gasteiger partial charge >= 0.3 is 6.03 Å². The highest BCUT2D eigenvalue weighted by Gasteiger charge is 2.26. The standard InChI is InChI=1S/C19H23N5O2/c1-12-15(13(2)26-23-12)11-20-19(25)24-9-7-14(8-10-24)18-21-16-5-3-4-6-17(16)22-18/h3-6,14H,7-11H2,1-2H3,(H,20,25)(H,21,22). The Morgan fingerprint density at radius 2 is 2.08 bits per heavy atom. The normalized spacial score (nSPS) is 15.5. The molecule has 1 aliphatic heterocycles. The lowest BCUT2D eigenvalue weighted by Gasteiger charge is -2.31. The number of fused-ring (bicyclic) bond motifs is 1. The van der Waals surface area contributed by atoms with Crippen LogP contribution in [-0.2, 0) is 6.54 Å². The Bertz CT molecular complexity index is 869. The summed E-state index contributed by atoms with van der Waals surface area (Å²) < 4.78 is 5.14. The number of likely N-dealkylation sites (tertiary alicyclic amines) is 1. The maximum absolute atomic E-state index is 12.4. The number of aryl methyl sites for hydroxylation is 2. The highest BCUT2D eigenvalue weighted by Crippen LogP contribution is 2.27. The van der Waals surface area contributed by atoms with Gasteiger partial charge in [-0.3, -0.25) is 0 Å². The maximum Gasteiger partial charge on any atom is 0.317 e. The van der Waals surface area contributed by atoms with Crippen molar-refractivity contribution in [3.63, 3.8) is 0 Å². The van der Waals surface area contributed by atoms with Crippen molar-refractivity contribution in [1.82, 2.24) is 25.3 Å². The highest BCUT2D eigenvalue weighted by molar-refractivity contribution is 5.75. The first-order chi connectivity index (χ1) is 12.6. The molecule has 26 heavy (non-hydrogen) atoms. The fourth-order valence-electron chi connectivity index (χ4n) is 3.55. The summed E-state index contributed by atoms with van der Waals surface area (Å²) in [5.41, 5.74) is 3.85. The molecule has 0 bridgehead atoms. The molecule has 136 valence electrons. The van der Waals surface area contributed by atoms with Gasteiger partial charge in [-0.2, -0.15) is 0 Å². The number of aromatic amines is 1. The smallest absolute Gasteiger partial charge is 0.317 e. The molecule has 0 saturated carbocycles. The summed E-state index contributed by atoms with van der Waals surface area (Å²) in [6.07, 6.45) is 1.83. The molecule has 3 aromatic rings. The molecule has 0 atom stereocenters. The molecule has 0 spiro atoms. The summed E-state index contributed by atoms with van der Waals surface area (Å²) in [6, 6.07) is 8.04. The summed E-state index contributed by atoms with van der Waals surface area (Å²) in [4.78, 5) is 22.4. The first kappa shape index (κ1) is 16.6. The van der Waals surface area contributed by atoms with Crippen molar-refractivity contribution in [3.8, 4) is 0 Å². The number of rotatable bonds is 3. The molecule has 1 aromatic carbocycles. The average Bonchev–Trinajstić information content (AvgIpc) is 3.23. The van der Waals surface area contributed by atoms with Gasteiger partial charge in [-0.05, 0) is 38.8 Å². The summed E-state index contributed by atoms with van der Waals surface area (Å²) in [5, 5.41) is 6.89. The van der Waals surface area contributed by atoms with Crippen molar-refractivity contribution in [3.05, 3.63) is 47.1 Å². The lowest BCUT2D eigenvalue weighted by molar-refractivity contribution is 0.180. The van der Waals surface area contributed by atoms with Crippen molar-refractivity contribution in [2.45, 2.75) is 39.2 Å². The van der Waals surface area contributed by atoms with Crippen molar-refractivity contribution >= 4 is 17.1 Å². The van der Waals surface area contributed by atoms with Gasteiger partial charge in [0.1, 0.15) is 11.6 Å². The molecule has 0 unspecified atom stereocenters. The number of benzene rings is 1. The molecule has 4 rings (SSSR count). The van der Waals surface area contributed by atoms with Gasteiger partial charge in [-0.15, -0.1) is 0 Å². The second-order valence-corrected chi connectivity index (χ2v) is 6.86. The Hall–Kier alpha value is -2.83. The number of carbonyl (C=O) groups is 1. The minimum absolute atomic E-state index is 0.0342. The topological polar surface area (TPSA) is 87.1 Å². The number of nitrogens with zero attached hydrogens (tertiary/aromatic N) is 3. The number of carbonyl (C=O) groups excluding carboxylic acids is 1. The van der Waals surface area contributed by atoms with Crippen LogP contribution in [0.4, 0.5) is 4.79 Å². The van der Waals surface area contributed by atoms with E-state index in [0.29, 0.717) is 12.5 Å². The summed E-state index contributed by atoms with van der Waals surface area (Å²) in [7, 11) is 0. The third kappa shape index (κ3) is 3.16. The number of piperidine rings is 1. The van der Waals surface area contributed by atoms with Crippen LogP contribution in [-0.4, -0.2) is 39.1 Å². The number of para-hydroxylation sites is 2. The average molecular weight is 353 g/mol. The minimum atomic E-state index is -0.0342. The van der Waals surface area contributed by atoms with Crippen LogP contribution in [0, 0.1) is 13.8 Å². The van der Waals surface area contributed by atoms with Gasteiger partial charge in [0, 0.05) is 31.1 Å². The molecule has 0 aliphatic carbocycles. The van der Waals surface area contributed by atoms with Gasteiger partial charge in [0.05, 0.1) is 16.7 Å². The second kappa shape index (κ2) is 6.82. The number of amides is 2. The molecule has 1 fully saturated rings. The molecule has 7 nitrogen and oxygen atoms in total. The number of urea groups is 1. The van der Waals surface area contributed by atoms with E-state index in [-0.39, 0.29) is 6.03 Å². The van der Waals surface area contributed by atoms with Crippen LogP contribution < -0.4 is 5.32 Å². The monoisotopic (exact) mass is 353 g/mol. The van der Waals surface area contributed by atoms with Gasteiger partial charge in [0.25, 0.3) is 0 Å². The van der Waals surface area contributed by atoms with E-state index in [0.717, 1.165) is 59.8 Å². The van der Waals surface area contributed by atoms with Crippen molar-refractivity contribution < 1.29 is 9.32 Å². The molecular formula is C19H23N5O2. The number of aromatic nitrogens is 3. The van der Waals surface area contributed by atoms with E-state index in [2.05, 4.69) is 15.5 Å². The lowest BCUT2D eigenvalue weighted by Crippen LogP contribution is -2.44. The molecule has 1 saturated heterocycles. The molecule has 2 aromatic heterocycles. The molecule has 2 amide bonds. The predicted molar refractivity (Wildman–Crippen MR) is 97.9 cm³/mol. The van der Waals surface area contributed by atoms with Crippen LogP contribution in [0.1, 0.15) is 41.6 Å². The SMILES string of the molecule is Cc1noc(C)c1CNC(=O)N1CCC(c2nc3ccccc3[nH]2)CC1. The minimum Gasteiger partial charge on any atom is -0.361 e. The third-order valence-corrected chi connectivity index (χ3v) is 5.17. The van der Waals surface area contributed by atoms with Crippen LogP contribution >= 0.6 is 0 Å². The quantitative estimate of drug-likeness (QED) is 0.757. The summed E-state index contributed by atoms with van der Waals surface area (Å²) in [6.45, 7) is 5.66. The Balaban J connectivity index is 1.33. The van der Waals surface area contributed by atoms with E-state index in [1.54, 1.807) is 0 Å². The zero-order valence-corrected chi connectivity index (χ0v) is 15.1. The number of hydrogen-bond acceptors (Lipinski definition) is 4. The Morgan fingerprint density at radius 1 is 1.31 bits per heavy atom. The predicted octanol–water partition coefficient (Wildman–Crippen LogP) is 3.26. The molecular weight excluding hydrogens is 330 g/mol. The van der Waals surface area contributed by atoms with Gasteiger partial charge in [0.2, 0.25) is 0 Å². The number of hydrogen-bond donors (Lipinski definition) is 2. The molecule has 7 heteroatoms. The first-order valence-electron chi connectivity index (χ1n) is 9.01. The molecule has 2 N–H and O–H groups in total. The summed E-state index contributed by atoms with van der Waals surface area (Å²) in [5.74, 6) is 2.15. The number of imidazole rings is 1. The molecule has 3 heterocycles. The van der Waals surface area contributed by atoms with Gasteiger partial charge in [-0.25, -0.2) is 9.78 Å². The molecule has 1 aliphatic rings. The van der Waals surface area contributed by atoms with E-state index < -0.39 is 0 Å². The third-order valence-electron chi connectivity index (χ3n) is 5.17. The maximum atomic E-state index is 12.4. The number of nitrogens with one attached hydrogen (secondary N) is 2. The van der Waals surface area contributed by atoms with Crippen molar-refractivity contribution in [2.75, 3.05) is 13.1 Å². The largest absolute Gasteiger partial charge is 0.361 e. The van der Waals surface area contributed by atoms with Crippen LogP contribution in [0.15, 0.2) is 28.8 Å². The Labute approximate surface area is 151 Å². The van der Waals surface area contributed by atoms with E-state index >= 15 is 0 Å². The highest BCUT2D eigenvalue weighted by atomic mass is 16.5. The fraction of sp³-hybridized carbons (Fsp3) is 0.421. The van der Waals surface area contributed by atoms with E-state index in [9.17, 15) is 4.79 Å². The first-order valence-corrected chi connectivity index (χ1v) is 9.01. The zero-order valence-electron chi connectivity index (χ0n) is 15.1. The zero-order chi connectivity index (χ0) is 18.1.